The van der Waals surface area contributed by atoms with E-state index < -0.39 is 55.3 Å². The van der Waals surface area contributed by atoms with Crippen molar-refractivity contribution in [3.05, 3.63) is 16.2 Å². The number of aliphatic hydroxyl groups is 1. The standard InChI is InChI=1S/C9H7ClF7NO3S2/c10-7-3(11)1-5(22-7)23(20,21)18-4(2-19)6(8(12,13)14)9(15,16)17/h1,4,6,18-19H,2H2. The molecule has 0 amide bonds. The Kier molecular flexibility index (Phi) is 5.95. The van der Waals surface area contributed by atoms with Crippen LogP contribution in [0.3, 0.4) is 0 Å². The summed E-state index contributed by atoms with van der Waals surface area (Å²) in [5.74, 6) is -5.35. The molecule has 0 spiro atoms. The topological polar surface area (TPSA) is 66.4 Å². The van der Waals surface area contributed by atoms with Crippen molar-refractivity contribution in [3.8, 4) is 0 Å². The second-order valence-electron chi connectivity index (χ2n) is 4.16. The van der Waals surface area contributed by atoms with Crippen LogP contribution >= 0.6 is 22.9 Å². The maximum Gasteiger partial charge on any atom is 0.402 e. The zero-order valence-electron chi connectivity index (χ0n) is 10.5. The molecule has 0 aliphatic rings. The molecular formula is C9H7ClF7NO3S2. The highest BCUT2D eigenvalue weighted by Gasteiger charge is 2.60. The lowest BCUT2D eigenvalue weighted by Crippen LogP contribution is -2.54. The minimum atomic E-state index is -5.87. The van der Waals surface area contributed by atoms with Gasteiger partial charge in [0, 0.05) is 6.07 Å². The number of alkyl halides is 6. The van der Waals surface area contributed by atoms with Gasteiger partial charge in [-0.2, -0.15) is 26.3 Å². The van der Waals surface area contributed by atoms with E-state index in [2.05, 4.69) is 0 Å². The maximum atomic E-state index is 13.0. The molecule has 0 saturated carbocycles. The first kappa shape index (κ1) is 20.4. The monoisotopic (exact) mass is 409 g/mol. The highest BCUT2D eigenvalue weighted by atomic mass is 35.5. The van der Waals surface area contributed by atoms with E-state index in [1.54, 1.807) is 0 Å². The minimum Gasteiger partial charge on any atom is -0.395 e. The lowest BCUT2D eigenvalue weighted by atomic mass is 10.00. The Bertz CT molecular complexity index is 622. The summed E-state index contributed by atoms with van der Waals surface area (Å²) in [6.07, 6.45) is -11.7. The number of aliphatic hydroxyl groups excluding tert-OH is 1. The first-order valence-corrected chi connectivity index (χ1v) is 8.09. The van der Waals surface area contributed by atoms with Gasteiger partial charge >= 0.3 is 12.4 Å². The quantitative estimate of drug-likeness (QED) is 0.735. The van der Waals surface area contributed by atoms with Crippen molar-refractivity contribution in [2.75, 3.05) is 6.61 Å². The van der Waals surface area contributed by atoms with Crippen LogP contribution in [0.4, 0.5) is 30.7 Å². The number of hydrogen-bond acceptors (Lipinski definition) is 4. The van der Waals surface area contributed by atoms with Crippen molar-refractivity contribution in [3.63, 3.8) is 0 Å². The molecule has 0 saturated heterocycles. The lowest BCUT2D eigenvalue weighted by Gasteiger charge is -2.29. The molecule has 0 aromatic carbocycles. The normalized spacial score (nSPS) is 15.2. The molecule has 1 aromatic heterocycles. The third-order valence-electron chi connectivity index (χ3n) is 2.50. The van der Waals surface area contributed by atoms with E-state index in [-0.39, 0.29) is 11.3 Å². The van der Waals surface area contributed by atoms with E-state index in [1.807, 2.05) is 0 Å². The van der Waals surface area contributed by atoms with Gasteiger partial charge in [-0.05, 0) is 0 Å². The number of nitrogens with one attached hydrogen (secondary N) is 1. The third kappa shape index (κ3) is 4.92. The van der Waals surface area contributed by atoms with E-state index in [1.165, 1.54) is 0 Å². The number of sulfonamides is 1. The van der Waals surface area contributed by atoms with Gasteiger partial charge in [-0.25, -0.2) is 17.5 Å². The van der Waals surface area contributed by atoms with Crippen LogP contribution in [0.1, 0.15) is 0 Å². The molecule has 4 nitrogen and oxygen atoms in total. The predicted octanol–water partition coefficient (Wildman–Crippen LogP) is 2.92. The molecular weight excluding hydrogens is 403 g/mol. The molecule has 134 valence electrons. The Balaban J connectivity index is 3.20. The van der Waals surface area contributed by atoms with Crippen molar-refractivity contribution in [1.29, 1.82) is 0 Å². The zero-order valence-corrected chi connectivity index (χ0v) is 12.9. The smallest absolute Gasteiger partial charge is 0.395 e. The molecule has 1 heterocycles. The molecule has 14 heteroatoms. The zero-order chi connectivity index (χ0) is 18.2. The first-order chi connectivity index (χ1) is 10.2. The van der Waals surface area contributed by atoms with Crippen LogP contribution in [0.2, 0.25) is 4.34 Å². The van der Waals surface area contributed by atoms with Crippen LogP contribution < -0.4 is 4.72 Å². The van der Waals surface area contributed by atoms with Crippen molar-refractivity contribution in [1.82, 2.24) is 4.72 Å². The molecule has 1 aromatic rings. The van der Waals surface area contributed by atoms with E-state index in [0.717, 1.165) is 4.72 Å². The number of thiophene rings is 1. The van der Waals surface area contributed by atoms with Crippen LogP contribution in [0.15, 0.2) is 10.3 Å². The van der Waals surface area contributed by atoms with Crippen molar-refractivity contribution >= 4 is 33.0 Å². The van der Waals surface area contributed by atoms with Crippen molar-refractivity contribution in [2.24, 2.45) is 5.92 Å². The summed E-state index contributed by atoms with van der Waals surface area (Å²) in [5, 5.41) is 8.77. The molecule has 2 N–H and O–H groups in total. The molecule has 0 radical (unpaired) electrons. The SMILES string of the molecule is O=S(=O)(NC(CO)C(C(F)(F)F)C(F)(F)F)c1cc(F)c(Cl)s1. The summed E-state index contributed by atoms with van der Waals surface area (Å²) in [6, 6.07) is -2.61. The molecule has 1 rings (SSSR count). The second kappa shape index (κ2) is 6.70. The fourth-order valence-electron chi connectivity index (χ4n) is 1.57. The fourth-order valence-corrected chi connectivity index (χ4v) is 4.32. The van der Waals surface area contributed by atoms with Crippen LogP contribution in [0.25, 0.3) is 0 Å². The Morgan fingerprint density at radius 2 is 1.70 bits per heavy atom. The largest absolute Gasteiger partial charge is 0.402 e. The summed E-state index contributed by atoms with van der Waals surface area (Å²) >= 11 is 5.35. The van der Waals surface area contributed by atoms with E-state index in [9.17, 15) is 39.2 Å². The molecule has 0 aliphatic carbocycles. The van der Waals surface area contributed by atoms with Crippen LogP contribution in [0.5, 0.6) is 0 Å². The van der Waals surface area contributed by atoms with Gasteiger partial charge in [0.25, 0.3) is 10.0 Å². The van der Waals surface area contributed by atoms with E-state index in [0.29, 0.717) is 6.07 Å². The van der Waals surface area contributed by atoms with Gasteiger partial charge in [-0.15, -0.1) is 11.3 Å². The maximum absolute atomic E-state index is 13.0. The molecule has 0 bridgehead atoms. The highest BCUT2D eigenvalue weighted by molar-refractivity contribution is 7.91. The van der Waals surface area contributed by atoms with Gasteiger partial charge < -0.3 is 5.11 Å². The summed E-state index contributed by atoms with van der Waals surface area (Å²) < 4.78 is 111. The van der Waals surface area contributed by atoms with Crippen LogP contribution in [0, 0.1) is 11.7 Å². The Morgan fingerprint density at radius 3 is 2.00 bits per heavy atom. The first-order valence-electron chi connectivity index (χ1n) is 5.41. The molecule has 1 unspecified atom stereocenters. The molecule has 0 fully saturated rings. The molecule has 23 heavy (non-hydrogen) atoms. The molecule has 0 aliphatic heterocycles. The fraction of sp³-hybridized carbons (Fsp3) is 0.556. The average molecular weight is 410 g/mol. The van der Waals surface area contributed by atoms with Gasteiger partial charge in [-0.1, -0.05) is 11.6 Å². The van der Waals surface area contributed by atoms with Gasteiger partial charge in [0.2, 0.25) is 0 Å². The Labute approximate surface area is 133 Å². The Hall–Kier alpha value is -0.630. The summed E-state index contributed by atoms with van der Waals surface area (Å²) in [5.41, 5.74) is 0. The summed E-state index contributed by atoms with van der Waals surface area (Å²) in [4.78, 5) is 0. The minimum absolute atomic E-state index is 0.0963. The average Bonchev–Trinajstić information content (AvgIpc) is 2.65. The van der Waals surface area contributed by atoms with Gasteiger partial charge in [-0.3, -0.25) is 0 Å². The number of rotatable bonds is 5. The van der Waals surface area contributed by atoms with Gasteiger partial charge in [0.15, 0.2) is 11.7 Å². The summed E-state index contributed by atoms with van der Waals surface area (Å²) in [6.45, 7) is -1.79. The third-order valence-corrected chi connectivity index (χ3v) is 5.77. The van der Waals surface area contributed by atoms with Crippen LogP contribution in [-0.4, -0.2) is 38.5 Å². The second-order valence-corrected chi connectivity index (χ2v) is 7.75. The number of hydrogen-bond donors (Lipinski definition) is 2. The summed E-state index contributed by atoms with van der Waals surface area (Å²) in [7, 11) is -4.95. The Morgan fingerprint density at radius 1 is 1.22 bits per heavy atom. The van der Waals surface area contributed by atoms with Gasteiger partial charge in [0.1, 0.15) is 8.55 Å². The van der Waals surface area contributed by atoms with E-state index in [4.69, 9.17) is 16.7 Å². The van der Waals surface area contributed by atoms with Gasteiger partial charge in [0.05, 0.1) is 12.6 Å². The lowest BCUT2D eigenvalue weighted by molar-refractivity contribution is -0.292. The number of halogens is 8. The van der Waals surface area contributed by atoms with Crippen molar-refractivity contribution < 1.29 is 44.3 Å². The van der Waals surface area contributed by atoms with Crippen molar-refractivity contribution in [2.45, 2.75) is 22.6 Å². The highest BCUT2D eigenvalue weighted by Crippen LogP contribution is 2.42. The molecule has 1 atom stereocenters. The van der Waals surface area contributed by atoms with Crippen LogP contribution in [-0.2, 0) is 10.0 Å². The predicted molar refractivity (Wildman–Crippen MR) is 66.1 cm³/mol. The van der Waals surface area contributed by atoms with E-state index >= 15 is 0 Å².